The van der Waals surface area contributed by atoms with Crippen LogP contribution >= 0.6 is 0 Å². The highest BCUT2D eigenvalue weighted by molar-refractivity contribution is 5.06. The summed E-state index contributed by atoms with van der Waals surface area (Å²) in [5.74, 6) is 0. The topological polar surface area (TPSA) is 17.8 Å². The molecule has 0 aliphatic carbocycles. The second-order valence-electron chi connectivity index (χ2n) is 3.02. The van der Waals surface area contributed by atoms with Crippen molar-refractivity contribution in [3.63, 3.8) is 0 Å². The molecule has 0 unspecified atom stereocenters. The maximum absolute atomic E-state index is 11.8. The monoisotopic (exact) mass is 192 g/mol. The van der Waals surface area contributed by atoms with Crippen LogP contribution in [0.1, 0.15) is 17.8 Å². The molecule has 0 bridgehead atoms. The van der Waals surface area contributed by atoms with Gasteiger partial charge in [0.2, 0.25) is 0 Å². The lowest BCUT2D eigenvalue weighted by molar-refractivity contribution is -0.137. The lowest BCUT2D eigenvalue weighted by Crippen LogP contribution is -2.13. The first-order valence-electron chi connectivity index (χ1n) is 3.96. The largest absolute Gasteiger partial charge is 0.390 e. The fourth-order valence-corrected chi connectivity index (χ4v) is 1.13. The maximum atomic E-state index is 11.8. The molecule has 1 heterocycles. The SMILES string of the molecule is Cc1cc(C)n(CCC(F)(F)F)n1. The molecule has 0 aliphatic rings. The van der Waals surface area contributed by atoms with E-state index in [4.69, 9.17) is 0 Å². The Hall–Kier alpha value is -1.00. The second-order valence-corrected chi connectivity index (χ2v) is 3.02. The van der Waals surface area contributed by atoms with Crippen molar-refractivity contribution >= 4 is 0 Å². The van der Waals surface area contributed by atoms with E-state index in [9.17, 15) is 13.2 Å². The molecule has 0 aliphatic heterocycles. The minimum atomic E-state index is -4.10. The van der Waals surface area contributed by atoms with Crippen LogP contribution < -0.4 is 0 Å². The van der Waals surface area contributed by atoms with Crippen LogP contribution in [0.4, 0.5) is 13.2 Å². The molecule has 0 N–H and O–H groups in total. The first-order valence-corrected chi connectivity index (χ1v) is 3.96. The lowest BCUT2D eigenvalue weighted by Gasteiger charge is -2.07. The van der Waals surface area contributed by atoms with Crippen LogP contribution in [0.15, 0.2) is 6.07 Å². The minimum absolute atomic E-state index is 0.0941. The fraction of sp³-hybridized carbons (Fsp3) is 0.625. The van der Waals surface area contributed by atoms with Crippen molar-refractivity contribution in [1.82, 2.24) is 9.78 Å². The van der Waals surface area contributed by atoms with Crippen LogP contribution in [0, 0.1) is 13.8 Å². The average molecular weight is 192 g/mol. The van der Waals surface area contributed by atoms with Crippen molar-refractivity contribution in [3.8, 4) is 0 Å². The number of hydrogen-bond donors (Lipinski definition) is 0. The van der Waals surface area contributed by atoms with E-state index in [1.54, 1.807) is 19.9 Å². The van der Waals surface area contributed by atoms with E-state index in [-0.39, 0.29) is 6.54 Å². The standard InChI is InChI=1S/C8H11F3N2/c1-6-5-7(2)13(12-6)4-3-8(9,10)11/h5H,3-4H2,1-2H3. The summed E-state index contributed by atoms with van der Waals surface area (Å²) in [6.07, 6.45) is -4.93. The quantitative estimate of drug-likeness (QED) is 0.703. The highest BCUT2D eigenvalue weighted by atomic mass is 19.4. The van der Waals surface area contributed by atoms with Crippen molar-refractivity contribution in [2.75, 3.05) is 0 Å². The third-order valence-electron chi connectivity index (χ3n) is 1.71. The third kappa shape index (κ3) is 3.08. The van der Waals surface area contributed by atoms with Crippen LogP contribution in [0.3, 0.4) is 0 Å². The normalized spacial score (nSPS) is 12.1. The molecule has 0 atom stereocenters. The predicted octanol–water partition coefficient (Wildman–Crippen LogP) is 2.45. The van der Waals surface area contributed by atoms with Crippen LogP contribution in [0.2, 0.25) is 0 Å². The van der Waals surface area contributed by atoms with Crippen molar-refractivity contribution < 1.29 is 13.2 Å². The zero-order valence-electron chi connectivity index (χ0n) is 7.52. The molecule has 0 radical (unpaired) electrons. The van der Waals surface area contributed by atoms with Crippen LogP contribution in [-0.4, -0.2) is 16.0 Å². The summed E-state index contributed by atoms with van der Waals surface area (Å²) < 4.78 is 36.9. The number of aromatic nitrogens is 2. The van der Waals surface area contributed by atoms with Crippen LogP contribution in [0.25, 0.3) is 0 Å². The van der Waals surface area contributed by atoms with Crippen molar-refractivity contribution in [3.05, 3.63) is 17.5 Å². The average Bonchev–Trinajstić information content (AvgIpc) is 2.24. The highest BCUT2D eigenvalue weighted by Crippen LogP contribution is 2.20. The van der Waals surface area contributed by atoms with E-state index >= 15 is 0 Å². The van der Waals surface area contributed by atoms with E-state index in [0.717, 1.165) is 11.4 Å². The number of hydrogen-bond acceptors (Lipinski definition) is 1. The zero-order valence-corrected chi connectivity index (χ0v) is 7.52. The van der Waals surface area contributed by atoms with Gasteiger partial charge in [0.1, 0.15) is 0 Å². The Morgan fingerprint density at radius 1 is 1.38 bits per heavy atom. The van der Waals surface area contributed by atoms with Gasteiger partial charge in [0, 0.05) is 12.2 Å². The smallest absolute Gasteiger partial charge is 0.269 e. The summed E-state index contributed by atoms with van der Waals surface area (Å²) in [7, 11) is 0. The van der Waals surface area contributed by atoms with Gasteiger partial charge >= 0.3 is 6.18 Å². The van der Waals surface area contributed by atoms with Gasteiger partial charge in [-0.25, -0.2) is 0 Å². The molecule has 0 aromatic carbocycles. The minimum Gasteiger partial charge on any atom is -0.269 e. The molecule has 1 aromatic rings. The van der Waals surface area contributed by atoms with Crippen molar-refractivity contribution in [2.24, 2.45) is 0 Å². The van der Waals surface area contributed by atoms with Gasteiger partial charge in [-0.2, -0.15) is 18.3 Å². The summed E-state index contributed by atoms with van der Waals surface area (Å²) in [5.41, 5.74) is 1.52. The van der Waals surface area contributed by atoms with E-state index in [1.165, 1.54) is 4.68 Å². The Balaban J connectivity index is 2.59. The van der Waals surface area contributed by atoms with Crippen molar-refractivity contribution in [1.29, 1.82) is 0 Å². The number of halogens is 3. The lowest BCUT2D eigenvalue weighted by atomic mass is 10.4. The van der Waals surface area contributed by atoms with E-state index in [1.807, 2.05) is 0 Å². The second kappa shape index (κ2) is 3.40. The van der Waals surface area contributed by atoms with Crippen LogP contribution in [-0.2, 0) is 6.54 Å². The van der Waals surface area contributed by atoms with Gasteiger partial charge in [-0.15, -0.1) is 0 Å². The van der Waals surface area contributed by atoms with E-state index in [2.05, 4.69) is 5.10 Å². The predicted molar refractivity (Wildman–Crippen MR) is 42.4 cm³/mol. The molecular formula is C8H11F3N2. The molecule has 0 saturated carbocycles. The zero-order chi connectivity index (χ0) is 10.1. The van der Waals surface area contributed by atoms with E-state index in [0.29, 0.717) is 0 Å². The van der Waals surface area contributed by atoms with Gasteiger partial charge < -0.3 is 0 Å². The summed E-state index contributed by atoms with van der Waals surface area (Å²) in [6.45, 7) is 3.41. The molecule has 0 fully saturated rings. The molecule has 0 spiro atoms. The number of rotatable bonds is 2. The van der Waals surface area contributed by atoms with Gasteiger partial charge in [0.05, 0.1) is 12.1 Å². The Morgan fingerprint density at radius 3 is 2.38 bits per heavy atom. The van der Waals surface area contributed by atoms with Gasteiger partial charge in [0.25, 0.3) is 0 Å². The Bertz CT molecular complexity index is 288. The molecular weight excluding hydrogens is 181 g/mol. The maximum Gasteiger partial charge on any atom is 0.390 e. The first-order chi connectivity index (χ1) is 5.88. The number of aryl methyl sites for hydroxylation is 3. The molecule has 5 heteroatoms. The Labute approximate surface area is 74.4 Å². The number of alkyl halides is 3. The van der Waals surface area contributed by atoms with Gasteiger partial charge in [-0.3, -0.25) is 4.68 Å². The summed E-state index contributed by atoms with van der Waals surface area (Å²) in [6, 6.07) is 1.76. The molecule has 1 rings (SSSR count). The Kier molecular flexibility index (Phi) is 2.63. The highest BCUT2D eigenvalue weighted by Gasteiger charge is 2.26. The molecule has 2 nitrogen and oxygen atoms in total. The molecule has 0 amide bonds. The molecule has 1 aromatic heterocycles. The van der Waals surface area contributed by atoms with E-state index < -0.39 is 12.6 Å². The van der Waals surface area contributed by atoms with Gasteiger partial charge in [-0.1, -0.05) is 0 Å². The fourth-order valence-electron chi connectivity index (χ4n) is 1.13. The Morgan fingerprint density at radius 2 is 2.00 bits per heavy atom. The van der Waals surface area contributed by atoms with Crippen LogP contribution in [0.5, 0.6) is 0 Å². The summed E-state index contributed by atoms with van der Waals surface area (Å²) in [4.78, 5) is 0. The first kappa shape index (κ1) is 10.1. The summed E-state index contributed by atoms with van der Waals surface area (Å²) >= 11 is 0. The van der Waals surface area contributed by atoms with Gasteiger partial charge in [-0.05, 0) is 19.9 Å². The number of nitrogens with zero attached hydrogens (tertiary/aromatic N) is 2. The summed E-state index contributed by atoms with van der Waals surface area (Å²) in [5, 5.41) is 3.93. The molecule has 74 valence electrons. The molecule has 0 saturated heterocycles. The molecule has 13 heavy (non-hydrogen) atoms. The van der Waals surface area contributed by atoms with Gasteiger partial charge in [0.15, 0.2) is 0 Å². The third-order valence-corrected chi connectivity index (χ3v) is 1.71. The van der Waals surface area contributed by atoms with Crippen molar-refractivity contribution in [2.45, 2.75) is 33.0 Å².